The van der Waals surface area contributed by atoms with Crippen molar-refractivity contribution in [2.45, 2.75) is 44.1 Å². The van der Waals surface area contributed by atoms with Crippen LogP contribution in [0.25, 0.3) is 0 Å². The van der Waals surface area contributed by atoms with Gasteiger partial charge in [-0.25, -0.2) is 4.79 Å². The largest absolute Gasteiger partial charge is 0.388 e. The Morgan fingerprint density at radius 1 is 1.21 bits per heavy atom. The van der Waals surface area contributed by atoms with Crippen LogP contribution >= 0.6 is 0 Å². The van der Waals surface area contributed by atoms with E-state index in [0.29, 0.717) is 32.6 Å². The van der Waals surface area contributed by atoms with Gasteiger partial charge < -0.3 is 19.6 Å². The lowest BCUT2D eigenvalue weighted by molar-refractivity contribution is -0.0733. The van der Waals surface area contributed by atoms with Crippen molar-refractivity contribution in [3.8, 4) is 0 Å². The Labute approximate surface area is 115 Å². The van der Waals surface area contributed by atoms with E-state index < -0.39 is 5.60 Å². The molecule has 0 atom stereocenters. The lowest BCUT2D eigenvalue weighted by atomic mass is 9.94. The zero-order chi connectivity index (χ0) is 13.7. The van der Waals surface area contributed by atoms with Crippen LogP contribution in [0.5, 0.6) is 0 Å². The van der Waals surface area contributed by atoms with Crippen molar-refractivity contribution in [3.05, 3.63) is 0 Å². The van der Waals surface area contributed by atoms with Crippen molar-refractivity contribution in [1.82, 2.24) is 9.80 Å². The van der Waals surface area contributed by atoms with E-state index in [0.717, 1.165) is 25.9 Å². The molecule has 2 fully saturated rings. The SMILES string of the molecule is CN(CC1(O)CCOCC1)C(=O)N1CCCCCC1. The Kier molecular flexibility index (Phi) is 5.05. The van der Waals surface area contributed by atoms with Gasteiger partial charge in [0.2, 0.25) is 0 Å². The second kappa shape index (κ2) is 6.57. The summed E-state index contributed by atoms with van der Waals surface area (Å²) in [4.78, 5) is 16.0. The minimum Gasteiger partial charge on any atom is -0.388 e. The van der Waals surface area contributed by atoms with Gasteiger partial charge in [0.05, 0.1) is 12.1 Å². The molecule has 2 amide bonds. The number of nitrogens with zero attached hydrogens (tertiary/aromatic N) is 2. The number of carbonyl (C=O) groups excluding carboxylic acids is 1. The van der Waals surface area contributed by atoms with Crippen LogP contribution in [0.1, 0.15) is 38.5 Å². The molecule has 5 nitrogen and oxygen atoms in total. The number of ether oxygens (including phenoxy) is 1. The second-order valence-corrected chi connectivity index (χ2v) is 5.88. The number of urea groups is 1. The first-order valence-electron chi connectivity index (χ1n) is 7.41. The highest BCUT2D eigenvalue weighted by molar-refractivity contribution is 5.74. The van der Waals surface area contributed by atoms with Crippen LogP contribution in [0.2, 0.25) is 0 Å². The van der Waals surface area contributed by atoms with Crippen molar-refractivity contribution < 1.29 is 14.6 Å². The highest BCUT2D eigenvalue weighted by Crippen LogP contribution is 2.22. The Hall–Kier alpha value is -0.810. The summed E-state index contributed by atoms with van der Waals surface area (Å²) in [7, 11) is 1.79. The van der Waals surface area contributed by atoms with Crippen LogP contribution < -0.4 is 0 Å². The summed E-state index contributed by atoms with van der Waals surface area (Å²) in [6, 6.07) is 0.0572. The van der Waals surface area contributed by atoms with Crippen LogP contribution in [-0.2, 0) is 4.74 Å². The van der Waals surface area contributed by atoms with Crippen molar-refractivity contribution in [1.29, 1.82) is 0 Å². The highest BCUT2D eigenvalue weighted by Gasteiger charge is 2.33. The summed E-state index contributed by atoms with van der Waals surface area (Å²) in [5, 5.41) is 10.5. The van der Waals surface area contributed by atoms with Crippen LogP contribution in [0.4, 0.5) is 4.79 Å². The van der Waals surface area contributed by atoms with Gasteiger partial charge in [-0.3, -0.25) is 0 Å². The number of hydrogen-bond donors (Lipinski definition) is 1. The van der Waals surface area contributed by atoms with E-state index in [1.165, 1.54) is 12.8 Å². The molecule has 2 saturated heterocycles. The third kappa shape index (κ3) is 4.08. The first-order valence-corrected chi connectivity index (χ1v) is 7.41. The van der Waals surface area contributed by atoms with Crippen molar-refractivity contribution in [2.75, 3.05) is 39.9 Å². The standard InChI is InChI=1S/C14H26N2O3/c1-15(12-14(18)6-10-19-11-7-14)13(17)16-8-4-2-3-5-9-16/h18H,2-12H2,1H3. The number of likely N-dealkylation sites (tertiary alicyclic amines) is 1. The van der Waals surface area contributed by atoms with Gasteiger partial charge in [0, 0.05) is 46.2 Å². The van der Waals surface area contributed by atoms with Crippen molar-refractivity contribution >= 4 is 6.03 Å². The maximum atomic E-state index is 12.4. The Bertz CT molecular complexity index is 295. The maximum absolute atomic E-state index is 12.4. The summed E-state index contributed by atoms with van der Waals surface area (Å²) in [6.07, 6.45) is 5.86. The zero-order valence-corrected chi connectivity index (χ0v) is 11.9. The number of amides is 2. The van der Waals surface area contributed by atoms with Gasteiger partial charge >= 0.3 is 6.03 Å². The molecule has 5 heteroatoms. The molecule has 1 N–H and O–H groups in total. The molecular formula is C14H26N2O3. The van der Waals surface area contributed by atoms with Gasteiger partial charge in [-0.05, 0) is 12.8 Å². The highest BCUT2D eigenvalue weighted by atomic mass is 16.5. The van der Waals surface area contributed by atoms with E-state index in [2.05, 4.69) is 0 Å². The average molecular weight is 270 g/mol. The molecule has 0 saturated carbocycles. The third-order valence-corrected chi connectivity index (χ3v) is 4.16. The first kappa shape index (κ1) is 14.6. The molecule has 110 valence electrons. The molecule has 0 radical (unpaired) electrons. The summed E-state index contributed by atoms with van der Waals surface area (Å²) >= 11 is 0. The van der Waals surface area contributed by atoms with Gasteiger partial charge in [0.25, 0.3) is 0 Å². The van der Waals surface area contributed by atoms with E-state index in [-0.39, 0.29) is 6.03 Å². The zero-order valence-electron chi connectivity index (χ0n) is 11.9. The fourth-order valence-corrected chi connectivity index (χ4v) is 2.92. The van der Waals surface area contributed by atoms with Crippen molar-refractivity contribution in [2.24, 2.45) is 0 Å². The average Bonchev–Trinajstić information content (AvgIpc) is 2.67. The molecule has 0 aromatic carbocycles. The van der Waals surface area contributed by atoms with E-state index in [1.807, 2.05) is 4.90 Å². The monoisotopic (exact) mass is 270 g/mol. The molecule has 0 unspecified atom stereocenters. The van der Waals surface area contributed by atoms with Crippen molar-refractivity contribution in [3.63, 3.8) is 0 Å². The van der Waals surface area contributed by atoms with E-state index in [9.17, 15) is 9.90 Å². The van der Waals surface area contributed by atoms with Crippen LogP contribution in [-0.4, -0.2) is 66.4 Å². The minimum absolute atomic E-state index is 0.0572. The summed E-state index contributed by atoms with van der Waals surface area (Å²) < 4.78 is 5.27. The molecule has 0 spiro atoms. The van der Waals surface area contributed by atoms with Gasteiger partial charge in [0.15, 0.2) is 0 Å². The molecule has 0 bridgehead atoms. The Morgan fingerprint density at radius 3 is 2.37 bits per heavy atom. The lowest BCUT2D eigenvalue weighted by Gasteiger charge is -2.37. The molecule has 2 heterocycles. The molecule has 2 rings (SSSR count). The molecule has 2 aliphatic rings. The predicted molar refractivity (Wildman–Crippen MR) is 73.1 cm³/mol. The number of hydrogen-bond acceptors (Lipinski definition) is 3. The van der Waals surface area contributed by atoms with E-state index in [1.54, 1.807) is 11.9 Å². The van der Waals surface area contributed by atoms with E-state index in [4.69, 9.17) is 4.74 Å². The smallest absolute Gasteiger partial charge is 0.319 e. The summed E-state index contributed by atoms with van der Waals surface area (Å²) in [5.74, 6) is 0. The molecule has 0 aromatic heterocycles. The maximum Gasteiger partial charge on any atom is 0.319 e. The quantitative estimate of drug-likeness (QED) is 0.826. The van der Waals surface area contributed by atoms with Crippen LogP contribution in [0, 0.1) is 0 Å². The van der Waals surface area contributed by atoms with E-state index >= 15 is 0 Å². The van der Waals surface area contributed by atoms with Crippen LogP contribution in [0.3, 0.4) is 0 Å². The predicted octanol–water partition coefficient (Wildman–Crippen LogP) is 1.46. The number of carbonyl (C=O) groups is 1. The molecule has 19 heavy (non-hydrogen) atoms. The number of aliphatic hydroxyl groups is 1. The first-order chi connectivity index (χ1) is 9.11. The molecular weight excluding hydrogens is 244 g/mol. The Morgan fingerprint density at radius 2 is 1.79 bits per heavy atom. The minimum atomic E-state index is -0.769. The Balaban J connectivity index is 1.87. The van der Waals surface area contributed by atoms with Crippen LogP contribution in [0.15, 0.2) is 0 Å². The van der Waals surface area contributed by atoms with Gasteiger partial charge in [-0.2, -0.15) is 0 Å². The summed E-state index contributed by atoms with van der Waals surface area (Å²) in [6.45, 7) is 3.28. The van der Waals surface area contributed by atoms with Gasteiger partial charge in [0.1, 0.15) is 0 Å². The third-order valence-electron chi connectivity index (χ3n) is 4.16. The van der Waals surface area contributed by atoms with Gasteiger partial charge in [-0.15, -0.1) is 0 Å². The fraction of sp³-hybridized carbons (Fsp3) is 0.929. The molecule has 2 aliphatic heterocycles. The second-order valence-electron chi connectivity index (χ2n) is 5.88. The lowest BCUT2D eigenvalue weighted by Crippen LogP contribution is -2.51. The molecule has 0 aliphatic carbocycles. The topological polar surface area (TPSA) is 53.0 Å². The number of likely N-dealkylation sites (N-methyl/N-ethyl adjacent to an activating group) is 1. The number of rotatable bonds is 2. The normalized spacial score (nSPS) is 23.8. The van der Waals surface area contributed by atoms with Gasteiger partial charge in [-0.1, -0.05) is 12.8 Å². The fourth-order valence-electron chi connectivity index (χ4n) is 2.92. The molecule has 0 aromatic rings. The summed E-state index contributed by atoms with van der Waals surface area (Å²) in [5.41, 5.74) is -0.769.